The summed E-state index contributed by atoms with van der Waals surface area (Å²) < 4.78 is 43.9. The zero-order valence-electron chi connectivity index (χ0n) is 11.2. The number of rotatable bonds is 5. The van der Waals surface area contributed by atoms with Crippen LogP contribution in [0.1, 0.15) is 30.9 Å². The van der Waals surface area contributed by atoms with Crippen molar-refractivity contribution in [3.63, 3.8) is 0 Å². The van der Waals surface area contributed by atoms with Gasteiger partial charge in [-0.2, -0.15) is 18.3 Å². The molecule has 0 aliphatic heterocycles. The van der Waals surface area contributed by atoms with Crippen molar-refractivity contribution < 1.29 is 17.6 Å². The highest BCUT2D eigenvalue weighted by Gasteiger charge is 2.33. The molecule has 2 heterocycles. The van der Waals surface area contributed by atoms with Crippen LogP contribution < -0.4 is 5.32 Å². The van der Waals surface area contributed by atoms with Gasteiger partial charge in [-0.15, -0.1) is 0 Å². The first-order valence-corrected chi connectivity index (χ1v) is 6.25. The fourth-order valence-corrected chi connectivity index (χ4v) is 1.73. The number of aromatic nitrogens is 2. The molecule has 1 N–H and O–H groups in total. The van der Waals surface area contributed by atoms with Crippen LogP contribution in [0, 0.1) is 0 Å². The Balaban J connectivity index is 2.07. The van der Waals surface area contributed by atoms with Crippen molar-refractivity contribution in [2.24, 2.45) is 0 Å². The number of nitrogens with one attached hydrogen (secondary N) is 1. The lowest BCUT2D eigenvalue weighted by molar-refractivity contribution is -0.141. The summed E-state index contributed by atoms with van der Waals surface area (Å²) in [5.74, 6) is 0.606. The summed E-state index contributed by atoms with van der Waals surface area (Å²) in [6, 6.07) is 3.08. The number of hydrogen-bond donors (Lipinski definition) is 1. The minimum absolute atomic E-state index is 0.179. The van der Waals surface area contributed by atoms with Gasteiger partial charge in [-0.05, 0) is 12.1 Å². The lowest BCUT2D eigenvalue weighted by atomic mass is 10.2. The van der Waals surface area contributed by atoms with Crippen molar-refractivity contribution in [1.29, 1.82) is 0 Å². The Morgan fingerprint density at radius 1 is 1.35 bits per heavy atom. The summed E-state index contributed by atoms with van der Waals surface area (Å²) in [5, 5.41) is 6.74. The van der Waals surface area contributed by atoms with Crippen LogP contribution in [0.15, 0.2) is 29.0 Å². The molecule has 0 spiro atoms. The minimum Gasteiger partial charge on any atom is -0.467 e. The van der Waals surface area contributed by atoms with Crippen LogP contribution in [0.5, 0.6) is 0 Å². The van der Waals surface area contributed by atoms with Crippen molar-refractivity contribution >= 4 is 0 Å². The maximum atomic E-state index is 12.5. The molecule has 7 heteroatoms. The van der Waals surface area contributed by atoms with Gasteiger partial charge < -0.3 is 9.73 Å². The van der Waals surface area contributed by atoms with Crippen LogP contribution in [0.3, 0.4) is 0 Å². The quantitative estimate of drug-likeness (QED) is 0.919. The Hall–Kier alpha value is -1.76. The zero-order valence-corrected chi connectivity index (χ0v) is 11.2. The van der Waals surface area contributed by atoms with Gasteiger partial charge in [0.15, 0.2) is 5.69 Å². The van der Waals surface area contributed by atoms with Crippen LogP contribution in [0.4, 0.5) is 13.2 Å². The molecule has 2 aromatic heterocycles. The smallest absolute Gasteiger partial charge is 0.435 e. The monoisotopic (exact) mass is 287 g/mol. The van der Waals surface area contributed by atoms with E-state index in [1.54, 1.807) is 6.07 Å². The van der Waals surface area contributed by atoms with Crippen molar-refractivity contribution in [2.75, 3.05) is 0 Å². The summed E-state index contributed by atoms with van der Waals surface area (Å²) in [6.45, 7) is 4.82. The van der Waals surface area contributed by atoms with Gasteiger partial charge >= 0.3 is 6.18 Å². The van der Waals surface area contributed by atoms with Crippen LogP contribution in [-0.2, 0) is 19.3 Å². The highest BCUT2D eigenvalue weighted by atomic mass is 19.4. The second kappa shape index (κ2) is 5.70. The number of hydrogen-bond acceptors (Lipinski definition) is 3. The lowest BCUT2D eigenvalue weighted by Crippen LogP contribution is -2.22. The van der Waals surface area contributed by atoms with Crippen molar-refractivity contribution in [1.82, 2.24) is 15.1 Å². The van der Waals surface area contributed by atoms with Crippen molar-refractivity contribution in [2.45, 2.75) is 39.2 Å². The molecular weight excluding hydrogens is 271 g/mol. The van der Waals surface area contributed by atoms with E-state index in [2.05, 4.69) is 10.4 Å². The highest BCUT2D eigenvalue weighted by Crippen LogP contribution is 2.27. The van der Waals surface area contributed by atoms with Gasteiger partial charge in [0.2, 0.25) is 0 Å². The summed E-state index contributed by atoms with van der Waals surface area (Å²) in [5.41, 5.74) is 0.0219. The largest absolute Gasteiger partial charge is 0.467 e. The van der Waals surface area contributed by atoms with E-state index in [0.717, 1.165) is 11.6 Å². The molecule has 20 heavy (non-hydrogen) atoms. The third-order valence-electron chi connectivity index (χ3n) is 2.78. The van der Waals surface area contributed by atoms with Crippen LogP contribution in [0.2, 0.25) is 0 Å². The molecule has 0 saturated heterocycles. The predicted molar refractivity (Wildman–Crippen MR) is 67.0 cm³/mol. The van der Waals surface area contributed by atoms with Gasteiger partial charge in [0.05, 0.1) is 12.8 Å². The summed E-state index contributed by atoms with van der Waals surface area (Å²) >= 11 is 0. The van der Waals surface area contributed by atoms with Crippen molar-refractivity contribution in [3.05, 3.63) is 41.6 Å². The summed E-state index contributed by atoms with van der Waals surface area (Å²) in [6.07, 6.45) is -1.59. The SMILES string of the molecule is CC(C)NCc1ccoc1Cn1ccc(C(F)(F)F)n1. The minimum atomic E-state index is -4.42. The van der Waals surface area contributed by atoms with Gasteiger partial charge in [0.25, 0.3) is 0 Å². The molecule has 0 saturated carbocycles. The number of halogens is 3. The standard InChI is InChI=1S/C13H16F3N3O/c1-9(2)17-7-10-4-6-20-11(10)8-19-5-3-12(18-19)13(14,15)16/h3-6,9,17H,7-8H2,1-2H3. The van der Waals surface area contributed by atoms with Crippen LogP contribution in [-0.4, -0.2) is 15.8 Å². The maximum Gasteiger partial charge on any atom is 0.435 e. The predicted octanol–water partition coefficient (Wildman–Crippen LogP) is 3.04. The van der Waals surface area contributed by atoms with Gasteiger partial charge in [-0.1, -0.05) is 13.8 Å². The van der Waals surface area contributed by atoms with Gasteiger partial charge in [-0.3, -0.25) is 4.68 Å². The Morgan fingerprint density at radius 2 is 2.10 bits per heavy atom. The van der Waals surface area contributed by atoms with Gasteiger partial charge in [0, 0.05) is 24.3 Å². The van der Waals surface area contributed by atoms with E-state index in [1.165, 1.54) is 17.1 Å². The molecule has 0 amide bonds. The normalized spacial score (nSPS) is 12.3. The van der Waals surface area contributed by atoms with E-state index >= 15 is 0 Å². The number of alkyl halides is 3. The molecule has 0 radical (unpaired) electrons. The highest BCUT2D eigenvalue weighted by molar-refractivity contribution is 5.17. The van der Waals surface area contributed by atoms with Crippen molar-refractivity contribution in [3.8, 4) is 0 Å². The fraction of sp³-hybridized carbons (Fsp3) is 0.462. The summed E-state index contributed by atoms with van der Waals surface area (Å²) in [7, 11) is 0. The first-order chi connectivity index (χ1) is 9.36. The number of nitrogens with zero attached hydrogens (tertiary/aromatic N) is 2. The first-order valence-electron chi connectivity index (χ1n) is 6.25. The average Bonchev–Trinajstić information content (AvgIpc) is 2.95. The lowest BCUT2D eigenvalue weighted by Gasteiger charge is -2.08. The molecule has 4 nitrogen and oxygen atoms in total. The molecule has 0 fully saturated rings. The van der Waals surface area contributed by atoms with E-state index in [9.17, 15) is 13.2 Å². The third-order valence-corrected chi connectivity index (χ3v) is 2.78. The molecular formula is C13H16F3N3O. The molecule has 0 unspecified atom stereocenters. The van der Waals surface area contributed by atoms with Gasteiger partial charge in [0.1, 0.15) is 5.76 Å². The molecule has 110 valence electrons. The van der Waals surface area contributed by atoms with Crippen LogP contribution in [0.25, 0.3) is 0 Å². The second-order valence-corrected chi connectivity index (χ2v) is 4.80. The first kappa shape index (κ1) is 14.6. The Morgan fingerprint density at radius 3 is 2.70 bits per heavy atom. The molecule has 0 bridgehead atoms. The molecule has 0 aliphatic carbocycles. The van der Waals surface area contributed by atoms with E-state index in [0.29, 0.717) is 18.3 Å². The number of furan rings is 1. The van der Waals surface area contributed by atoms with Gasteiger partial charge in [-0.25, -0.2) is 0 Å². The van der Waals surface area contributed by atoms with E-state index in [1.807, 2.05) is 13.8 Å². The topological polar surface area (TPSA) is 43.0 Å². The maximum absolute atomic E-state index is 12.5. The van der Waals surface area contributed by atoms with E-state index in [-0.39, 0.29) is 6.54 Å². The Labute approximate surface area is 114 Å². The Kier molecular flexibility index (Phi) is 4.17. The Bertz CT molecular complexity index is 557. The zero-order chi connectivity index (χ0) is 14.8. The molecule has 0 aromatic carbocycles. The fourth-order valence-electron chi connectivity index (χ4n) is 1.73. The summed E-state index contributed by atoms with van der Waals surface area (Å²) in [4.78, 5) is 0. The second-order valence-electron chi connectivity index (χ2n) is 4.80. The molecule has 0 aliphatic rings. The van der Waals surface area contributed by atoms with E-state index < -0.39 is 11.9 Å². The van der Waals surface area contributed by atoms with E-state index in [4.69, 9.17) is 4.42 Å². The third kappa shape index (κ3) is 3.63. The molecule has 0 atom stereocenters. The molecule has 2 rings (SSSR count). The average molecular weight is 287 g/mol. The van der Waals surface area contributed by atoms with Crippen LogP contribution >= 0.6 is 0 Å². The molecule has 2 aromatic rings.